The van der Waals surface area contributed by atoms with Gasteiger partial charge in [-0.05, 0) is 6.42 Å². The van der Waals surface area contributed by atoms with Crippen molar-refractivity contribution in [3.05, 3.63) is 12.7 Å². The van der Waals surface area contributed by atoms with Gasteiger partial charge >= 0.3 is 23.5 Å². The molecule has 0 aromatic carbocycles. The van der Waals surface area contributed by atoms with Gasteiger partial charge in [-0.3, -0.25) is 32.5 Å². The number of phosphoric acid groups is 3. The van der Waals surface area contributed by atoms with Crippen LogP contribution in [0.4, 0.5) is 5.82 Å². The monoisotopic (exact) mass is 1010 g/mol. The molecule has 29 heteroatoms. The maximum Gasteiger partial charge on any atom is 0.481 e. The Labute approximate surface area is 380 Å². The number of unbranched alkanes of at least 4 members (excludes halogenated alkanes) is 9. The van der Waals surface area contributed by atoms with Gasteiger partial charge in [-0.15, -0.1) is 0 Å². The summed E-state index contributed by atoms with van der Waals surface area (Å²) in [5.74, 6) is -1.22. The molecule has 1 fully saturated rings. The molecule has 65 heavy (non-hydrogen) atoms. The van der Waals surface area contributed by atoms with Crippen LogP contribution in [0, 0.1) is 5.41 Å². The van der Waals surface area contributed by atoms with E-state index in [9.17, 15) is 63.0 Å². The average molecular weight is 1010 g/mol. The number of aliphatic hydroxyl groups is 3. The normalized spacial score (nSPS) is 20.8. The molecule has 2 aromatic rings. The van der Waals surface area contributed by atoms with Gasteiger partial charge in [0.1, 0.15) is 36.3 Å². The molecule has 1 aliphatic heterocycles. The van der Waals surface area contributed by atoms with Crippen molar-refractivity contribution in [2.75, 3.05) is 37.8 Å². The number of nitrogens with zero attached hydrogens (tertiary/aromatic N) is 4. The third kappa shape index (κ3) is 20.3. The van der Waals surface area contributed by atoms with Gasteiger partial charge in [0.2, 0.25) is 11.8 Å². The molecule has 11 N–H and O–H groups in total. The minimum atomic E-state index is -5.58. The Balaban J connectivity index is 1.35. The van der Waals surface area contributed by atoms with Gasteiger partial charge in [-0.25, -0.2) is 28.6 Å². The number of nitrogens with two attached hydrogens (primary N) is 1. The summed E-state index contributed by atoms with van der Waals surface area (Å²) in [4.78, 5) is 88.3. The maximum atomic E-state index is 12.7. The highest BCUT2D eigenvalue weighted by Gasteiger charge is 2.50. The number of rotatable bonds is 32. The standard InChI is InChI=1S/C36H64N7O18P3S/c1-4-5-6-7-8-9-10-11-12-13-14-24(44)19-27(46)65-18-17-38-26(45)15-16-39-34(49)31(48)36(2,3)21-58-64(55,56)61-63(53,54)57-20-25-30(60-62(50,51)52)29(47)35(59-25)43-23-42-28-32(37)40-22-41-33(28)43/h22-25,29-31,35,44,47-48H,4-21H2,1-3H3,(H,38,45)(H,39,49)(H,53,54)(H,55,56)(H2,37,40,41)(H2,50,51,52). The number of fused-ring (bicyclic) bond motifs is 1. The maximum absolute atomic E-state index is 12.7. The Bertz CT molecular complexity index is 1980. The van der Waals surface area contributed by atoms with Crippen LogP contribution in [0.15, 0.2) is 12.7 Å². The van der Waals surface area contributed by atoms with Gasteiger partial charge in [0, 0.05) is 37.1 Å². The molecule has 0 aliphatic carbocycles. The highest BCUT2D eigenvalue weighted by atomic mass is 32.2. The number of hydrogen-bond donors (Lipinski definition) is 10. The summed E-state index contributed by atoms with van der Waals surface area (Å²) in [5.41, 5.74) is 4.25. The molecule has 0 spiro atoms. The van der Waals surface area contributed by atoms with Crippen LogP contribution in [0.2, 0.25) is 0 Å². The van der Waals surface area contributed by atoms with Gasteiger partial charge in [0.05, 0.1) is 25.6 Å². The molecule has 2 aromatic heterocycles. The molecular formula is C36H64N7O18P3S. The zero-order valence-corrected chi connectivity index (χ0v) is 40.1. The number of hydrogen-bond acceptors (Lipinski definition) is 19. The number of phosphoric ester groups is 3. The van der Waals surface area contributed by atoms with Crippen molar-refractivity contribution in [2.45, 2.75) is 141 Å². The molecule has 3 heterocycles. The van der Waals surface area contributed by atoms with Gasteiger partial charge < -0.3 is 56.0 Å². The van der Waals surface area contributed by atoms with Crippen LogP contribution < -0.4 is 16.4 Å². The fourth-order valence-electron chi connectivity index (χ4n) is 6.52. The molecular weight excluding hydrogens is 943 g/mol. The van der Waals surface area contributed by atoms with Crippen LogP contribution >= 0.6 is 35.2 Å². The van der Waals surface area contributed by atoms with Gasteiger partial charge in [0.15, 0.2) is 22.8 Å². The van der Waals surface area contributed by atoms with Crippen molar-refractivity contribution in [1.29, 1.82) is 0 Å². The topological polar surface area (TPSA) is 384 Å². The average Bonchev–Trinajstić information content (AvgIpc) is 3.78. The Morgan fingerprint density at radius 3 is 2.20 bits per heavy atom. The van der Waals surface area contributed by atoms with Gasteiger partial charge in [-0.2, -0.15) is 4.31 Å². The SMILES string of the molecule is CCCCCCCCCCCCC(O)CC(=O)SCCNC(=O)CCNC(=O)C(O)C(C)(C)COP(=O)(O)OP(=O)(O)OCC1OC(n2cnc3c(N)ncnc32)C(O)C1OP(=O)(O)O. The van der Waals surface area contributed by atoms with E-state index >= 15 is 0 Å². The first-order chi connectivity index (χ1) is 30.4. The first-order valence-electron chi connectivity index (χ1n) is 21.2. The smallest absolute Gasteiger partial charge is 0.393 e. The van der Waals surface area contributed by atoms with Crippen molar-refractivity contribution in [1.82, 2.24) is 30.2 Å². The van der Waals surface area contributed by atoms with Gasteiger partial charge in [0.25, 0.3) is 0 Å². The molecule has 8 atom stereocenters. The number of nitrogens with one attached hydrogen (secondary N) is 2. The van der Waals surface area contributed by atoms with E-state index in [1.54, 1.807) is 0 Å². The molecule has 372 valence electrons. The number of amides is 2. The number of aliphatic hydroxyl groups excluding tert-OH is 3. The van der Waals surface area contributed by atoms with Crippen molar-refractivity contribution >= 4 is 69.1 Å². The third-order valence-electron chi connectivity index (χ3n) is 10.1. The molecule has 3 rings (SSSR count). The van der Waals surface area contributed by atoms with Crippen molar-refractivity contribution in [3.8, 4) is 0 Å². The lowest BCUT2D eigenvalue weighted by Crippen LogP contribution is -2.46. The van der Waals surface area contributed by atoms with Crippen LogP contribution in [0.5, 0.6) is 0 Å². The van der Waals surface area contributed by atoms with Gasteiger partial charge in [-0.1, -0.05) is 96.7 Å². The molecule has 1 saturated heterocycles. The van der Waals surface area contributed by atoms with E-state index in [0.717, 1.165) is 48.2 Å². The summed E-state index contributed by atoms with van der Waals surface area (Å²) in [6, 6.07) is 0. The zero-order valence-electron chi connectivity index (χ0n) is 36.6. The van der Waals surface area contributed by atoms with Crippen molar-refractivity contribution in [2.24, 2.45) is 5.41 Å². The van der Waals surface area contributed by atoms with Crippen LogP contribution in [0.25, 0.3) is 11.2 Å². The molecule has 1 aliphatic rings. The summed E-state index contributed by atoms with van der Waals surface area (Å²) in [6.07, 6.45) is 4.67. The lowest BCUT2D eigenvalue weighted by atomic mass is 9.87. The number of imidazole rings is 1. The summed E-state index contributed by atoms with van der Waals surface area (Å²) >= 11 is 0.997. The Hall–Kier alpha value is -2.48. The summed E-state index contributed by atoms with van der Waals surface area (Å²) in [6.45, 7) is 2.60. The summed E-state index contributed by atoms with van der Waals surface area (Å²) < 4.78 is 62.3. The quantitative estimate of drug-likeness (QED) is 0.0372. The highest BCUT2D eigenvalue weighted by Crippen LogP contribution is 2.61. The summed E-state index contributed by atoms with van der Waals surface area (Å²) in [5, 5.41) is 36.5. The van der Waals surface area contributed by atoms with E-state index in [4.69, 9.17) is 19.5 Å². The van der Waals surface area contributed by atoms with E-state index in [1.165, 1.54) is 58.8 Å². The molecule has 25 nitrogen and oxygen atoms in total. The second kappa shape index (κ2) is 26.9. The lowest BCUT2D eigenvalue weighted by Gasteiger charge is -2.30. The fraction of sp³-hybridized carbons (Fsp3) is 0.778. The van der Waals surface area contributed by atoms with E-state index in [-0.39, 0.29) is 53.8 Å². The predicted molar refractivity (Wildman–Crippen MR) is 234 cm³/mol. The number of aromatic nitrogens is 4. The summed E-state index contributed by atoms with van der Waals surface area (Å²) in [7, 11) is -16.4. The molecule has 2 amide bonds. The second-order valence-corrected chi connectivity index (χ2v) is 21.5. The Kier molecular flexibility index (Phi) is 23.5. The predicted octanol–water partition coefficient (Wildman–Crippen LogP) is 2.73. The fourth-order valence-corrected chi connectivity index (χ4v) is 10.1. The number of thioether (sulfide) groups is 1. The first kappa shape index (κ1) is 56.8. The highest BCUT2D eigenvalue weighted by molar-refractivity contribution is 8.13. The largest absolute Gasteiger partial charge is 0.481 e. The van der Waals surface area contributed by atoms with E-state index in [1.807, 2.05) is 0 Å². The number of nitrogen functional groups attached to an aromatic ring is 1. The number of anilines is 1. The molecule has 0 saturated carbocycles. The van der Waals surface area contributed by atoms with Crippen LogP contribution in [-0.4, -0.2) is 134 Å². The Morgan fingerprint density at radius 1 is 0.923 bits per heavy atom. The van der Waals surface area contributed by atoms with Crippen LogP contribution in [0.3, 0.4) is 0 Å². The molecule has 8 unspecified atom stereocenters. The second-order valence-electron chi connectivity index (χ2n) is 16.1. The third-order valence-corrected chi connectivity index (χ3v) is 14.1. The van der Waals surface area contributed by atoms with E-state index < -0.39 is 90.7 Å². The minimum absolute atomic E-state index is 0.0257. The number of carbonyl (C=O) groups is 3. The van der Waals surface area contributed by atoms with E-state index in [0.29, 0.717) is 6.42 Å². The van der Waals surface area contributed by atoms with Crippen molar-refractivity contribution in [3.63, 3.8) is 0 Å². The van der Waals surface area contributed by atoms with Crippen LogP contribution in [-0.2, 0) is 50.7 Å². The van der Waals surface area contributed by atoms with E-state index in [2.05, 4.69) is 41.3 Å². The lowest BCUT2D eigenvalue weighted by molar-refractivity contribution is -0.137. The molecule has 0 bridgehead atoms. The molecule has 0 radical (unpaired) electrons. The first-order valence-corrected chi connectivity index (χ1v) is 26.7. The number of ether oxygens (including phenoxy) is 1. The zero-order chi connectivity index (χ0) is 48.4. The Morgan fingerprint density at radius 2 is 1.55 bits per heavy atom. The van der Waals surface area contributed by atoms with Crippen LogP contribution in [0.1, 0.15) is 110 Å². The number of carbonyl (C=O) groups excluding carboxylic acids is 3. The minimum Gasteiger partial charge on any atom is -0.393 e. The van der Waals surface area contributed by atoms with Crippen molar-refractivity contribution < 1.29 is 85.6 Å².